The molecule has 2 amide bonds. The van der Waals surface area contributed by atoms with Crippen molar-refractivity contribution < 1.29 is 14.3 Å². The largest absolute Gasteiger partial charge is 0.481 e. The number of hydrogen-bond acceptors (Lipinski definition) is 3. The second-order valence-corrected chi connectivity index (χ2v) is 7.47. The summed E-state index contributed by atoms with van der Waals surface area (Å²) >= 11 is 0. The molecule has 1 aliphatic heterocycles. The maximum Gasteiger partial charge on any atom is 0.265 e. The molecule has 1 heterocycles. The number of nitrogens with zero attached hydrogens (tertiary/aromatic N) is 1. The quantitative estimate of drug-likeness (QED) is 0.840. The lowest BCUT2D eigenvalue weighted by atomic mass is 10.1. The third kappa shape index (κ3) is 4.91. The molecule has 2 aromatic carbocycles. The molecule has 0 bridgehead atoms. The maximum absolute atomic E-state index is 12.9. The molecule has 1 N–H and O–H groups in total. The van der Waals surface area contributed by atoms with Crippen LogP contribution < -0.4 is 10.1 Å². The lowest BCUT2D eigenvalue weighted by molar-refractivity contribution is -0.122. The zero-order valence-corrected chi connectivity index (χ0v) is 16.8. The Labute approximate surface area is 166 Å². The average Bonchev–Trinajstić information content (AvgIpc) is 2.67. The number of carbonyl (C=O) groups excluding carboxylic acids is 2. The number of piperidine rings is 1. The lowest BCUT2D eigenvalue weighted by Gasteiger charge is -2.27. The lowest BCUT2D eigenvalue weighted by Crippen LogP contribution is -2.36. The van der Waals surface area contributed by atoms with Crippen molar-refractivity contribution in [3.05, 3.63) is 59.2 Å². The molecule has 3 rings (SSSR count). The van der Waals surface area contributed by atoms with Crippen LogP contribution in [0.5, 0.6) is 5.75 Å². The van der Waals surface area contributed by atoms with E-state index in [2.05, 4.69) is 11.4 Å². The molecule has 0 saturated carbocycles. The van der Waals surface area contributed by atoms with Gasteiger partial charge in [-0.25, -0.2) is 0 Å². The fourth-order valence-electron chi connectivity index (χ4n) is 3.54. The molecule has 0 aliphatic carbocycles. The first-order chi connectivity index (χ1) is 13.4. The molecular weight excluding hydrogens is 352 g/mol. The normalized spacial score (nSPS) is 15.0. The van der Waals surface area contributed by atoms with E-state index in [0.29, 0.717) is 17.0 Å². The number of anilines is 1. The van der Waals surface area contributed by atoms with Crippen LogP contribution in [-0.2, 0) is 4.79 Å². The summed E-state index contributed by atoms with van der Waals surface area (Å²) in [5.74, 6) is 0.356. The van der Waals surface area contributed by atoms with Crippen LogP contribution in [0.4, 0.5) is 5.69 Å². The van der Waals surface area contributed by atoms with Gasteiger partial charge in [-0.15, -0.1) is 0 Å². The molecule has 1 aliphatic rings. The van der Waals surface area contributed by atoms with Crippen molar-refractivity contribution in [3.63, 3.8) is 0 Å². The van der Waals surface area contributed by atoms with Gasteiger partial charge in [-0.3, -0.25) is 9.59 Å². The van der Waals surface area contributed by atoms with E-state index < -0.39 is 6.10 Å². The fraction of sp³-hybridized carbons (Fsp3) is 0.391. The third-order valence-electron chi connectivity index (χ3n) is 4.94. The topological polar surface area (TPSA) is 58.6 Å². The van der Waals surface area contributed by atoms with E-state index in [1.165, 1.54) is 0 Å². The van der Waals surface area contributed by atoms with Gasteiger partial charge in [0, 0.05) is 13.1 Å². The first kappa shape index (κ1) is 19.9. The van der Waals surface area contributed by atoms with Crippen molar-refractivity contribution in [1.29, 1.82) is 0 Å². The van der Waals surface area contributed by atoms with Gasteiger partial charge >= 0.3 is 0 Å². The summed E-state index contributed by atoms with van der Waals surface area (Å²) in [4.78, 5) is 27.4. The summed E-state index contributed by atoms with van der Waals surface area (Å²) in [6, 6.07) is 13.0. The van der Waals surface area contributed by atoms with E-state index in [1.807, 2.05) is 43.0 Å². The van der Waals surface area contributed by atoms with Crippen molar-refractivity contribution in [2.24, 2.45) is 0 Å². The van der Waals surface area contributed by atoms with Gasteiger partial charge in [-0.2, -0.15) is 0 Å². The van der Waals surface area contributed by atoms with Crippen LogP contribution >= 0.6 is 0 Å². The smallest absolute Gasteiger partial charge is 0.265 e. The van der Waals surface area contributed by atoms with Gasteiger partial charge in [-0.1, -0.05) is 18.2 Å². The number of amides is 2. The van der Waals surface area contributed by atoms with Crippen molar-refractivity contribution >= 4 is 17.5 Å². The molecule has 0 radical (unpaired) electrons. The van der Waals surface area contributed by atoms with Gasteiger partial charge in [0.2, 0.25) is 0 Å². The Morgan fingerprint density at radius 2 is 1.64 bits per heavy atom. The predicted molar refractivity (Wildman–Crippen MR) is 111 cm³/mol. The molecular formula is C23H28N2O3. The first-order valence-corrected chi connectivity index (χ1v) is 9.88. The molecule has 2 aromatic rings. The highest BCUT2D eigenvalue weighted by atomic mass is 16.5. The Bertz CT molecular complexity index is 836. The highest BCUT2D eigenvalue weighted by Crippen LogP contribution is 2.22. The molecule has 28 heavy (non-hydrogen) atoms. The minimum absolute atomic E-state index is 0.0292. The van der Waals surface area contributed by atoms with E-state index in [1.54, 1.807) is 19.1 Å². The van der Waals surface area contributed by atoms with Crippen LogP contribution in [0, 0.1) is 13.8 Å². The van der Waals surface area contributed by atoms with Crippen molar-refractivity contribution in [2.75, 3.05) is 18.4 Å². The zero-order valence-electron chi connectivity index (χ0n) is 16.8. The van der Waals surface area contributed by atoms with Crippen LogP contribution in [0.1, 0.15) is 47.7 Å². The summed E-state index contributed by atoms with van der Waals surface area (Å²) in [7, 11) is 0. The van der Waals surface area contributed by atoms with Gasteiger partial charge < -0.3 is 15.0 Å². The van der Waals surface area contributed by atoms with Crippen molar-refractivity contribution in [1.82, 2.24) is 4.90 Å². The Kier molecular flexibility index (Phi) is 6.34. The number of rotatable bonds is 5. The van der Waals surface area contributed by atoms with Gasteiger partial charge in [0.05, 0.1) is 11.3 Å². The molecule has 1 saturated heterocycles. The first-order valence-electron chi connectivity index (χ1n) is 9.88. The molecule has 5 nitrogen and oxygen atoms in total. The summed E-state index contributed by atoms with van der Waals surface area (Å²) in [6.07, 6.45) is 2.54. The van der Waals surface area contributed by atoms with Gasteiger partial charge in [-0.05, 0) is 75.4 Å². The number of carbonyl (C=O) groups is 2. The Morgan fingerprint density at radius 3 is 2.32 bits per heavy atom. The molecule has 0 unspecified atom stereocenters. The van der Waals surface area contributed by atoms with Crippen molar-refractivity contribution in [3.8, 4) is 5.75 Å². The number of para-hydroxylation sites is 1. The standard InChI is InChI=1S/C23H28N2O3/c1-16-13-17(2)15-19(14-16)28-18(3)22(26)24-21-10-6-5-9-20(21)23(27)25-11-7-4-8-12-25/h5-6,9-10,13-15,18H,4,7-8,11-12H2,1-3H3,(H,24,26)/t18-/m1/s1. The molecule has 0 spiro atoms. The van der Waals surface area contributed by atoms with Crippen LogP contribution in [0.3, 0.4) is 0 Å². The SMILES string of the molecule is Cc1cc(C)cc(O[C@H](C)C(=O)Nc2ccccc2C(=O)N2CCCCC2)c1. The van der Waals surface area contributed by atoms with Gasteiger partial charge in [0.15, 0.2) is 6.10 Å². The van der Waals surface area contributed by atoms with E-state index in [9.17, 15) is 9.59 Å². The Balaban J connectivity index is 1.70. The summed E-state index contributed by atoms with van der Waals surface area (Å²) in [6.45, 7) is 7.24. The van der Waals surface area contributed by atoms with Crippen LogP contribution in [-0.4, -0.2) is 35.9 Å². The second kappa shape index (κ2) is 8.91. The maximum atomic E-state index is 12.9. The van der Waals surface area contributed by atoms with Crippen LogP contribution in [0.15, 0.2) is 42.5 Å². The summed E-state index contributed by atoms with van der Waals surface area (Å²) < 4.78 is 5.82. The predicted octanol–water partition coefficient (Wildman–Crippen LogP) is 4.34. The van der Waals surface area contributed by atoms with Gasteiger partial charge in [0.25, 0.3) is 11.8 Å². The number of hydrogen-bond donors (Lipinski definition) is 1. The highest BCUT2D eigenvalue weighted by molar-refractivity contribution is 6.04. The monoisotopic (exact) mass is 380 g/mol. The van der Waals surface area contributed by atoms with Crippen LogP contribution in [0.25, 0.3) is 0 Å². The Morgan fingerprint density at radius 1 is 1.00 bits per heavy atom. The number of benzene rings is 2. The van der Waals surface area contributed by atoms with E-state index in [0.717, 1.165) is 43.5 Å². The number of ether oxygens (including phenoxy) is 1. The van der Waals surface area contributed by atoms with E-state index >= 15 is 0 Å². The number of likely N-dealkylation sites (tertiary alicyclic amines) is 1. The van der Waals surface area contributed by atoms with E-state index in [4.69, 9.17) is 4.74 Å². The van der Waals surface area contributed by atoms with E-state index in [-0.39, 0.29) is 11.8 Å². The summed E-state index contributed by atoms with van der Waals surface area (Å²) in [5, 5.41) is 2.87. The second-order valence-electron chi connectivity index (χ2n) is 7.47. The van der Waals surface area contributed by atoms with Gasteiger partial charge in [0.1, 0.15) is 5.75 Å². The number of aryl methyl sites for hydroxylation is 2. The van der Waals surface area contributed by atoms with Crippen LogP contribution in [0.2, 0.25) is 0 Å². The molecule has 148 valence electrons. The number of nitrogens with one attached hydrogen (secondary N) is 1. The molecule has 0 aromatic heterocycles. The molecule has 1 fully saturated rings. The molecule has 1 atom stereocenters. The fourth-order valence-corrected chi connectivity index (χ4v) is 3.54. The summed E-state index contributed by atoms with van der Waals surface area (Å²) in [5.41, 5.74) is 3.22. The average molecular weight is 380 g/mol. The minimum Gasteiger partial charge on any atom is -0.481 e. The zero-order chi connectivity index (χ0) is 20.1. The van der Waals surface area contributed by atoms with Crippen molar-refractivity contribution in [2.45, 2.75) is 46.1 Å². The molecule has 5 heteroatoms. The third-order valence-corrected chi connectivity index (χ3v) is 4.94. The Hall–Kier alpha value is -2.82. The highest BCUT2D eigenvalue weighted by Gasteiger charge is 2.23. The minimum atomic E-state index is -0.681.